The lowest BCUT2D eigenvalue weighted by Crippen LogP contribution is -1.99. The molecule has 24 heavy (non-hydrogen) atoms. The Morgan fingerprint density at radius 3 is 2.42 bits per heavy atom. The number of nitrogens with zero attached hydrogens (tertiary/aromatic N) is 4. The van der Waals surface area contributed by atoms with Crippen molar-refractivity contribution in [2.75, 3.05) is 7.11 Å². The van der Waals surface area contributed by atoms with Crippen molar-refractivity contribution >= 4 is 16.3 Å². The van der Waals surface area contributed by atoms with E-state index in [1.807, 2.05) is 47.0 Å². The van der Waals surface area contributed by atoms with Gasteiger partial charge in [-0.15, -0.1) is 10.2 Å². The third-order valence-electron chi connectivity index (χ3n) is 3.82. The van der Waals surface area contributed by atoms with Crippen molar-refractivity contribution in [2.24, 2.45) is 0 Å². The van der Waals surface area contributed by atoms with E-state index in [0.717, 1.165) is 33.5 Å². The van der Waals surface area contributed by atoms with E-state index in [9.17, 15) is 0 Å². The highest BCUT2D eigenvalue weighted by Crippen LogP contribution is 2.19. The van der Waals surface area contributed by atoms with Crippen LogP contribution in [0.3, 0.4) is 0 Å². The summed E-state index contributed by atoms with van der Waals surface area (Å²) in [6.45, 7) is 0. The van der Waals surface area contributed by atoms with Gasteiger partial charge in [0.05, 0.1) is 7.11 Å². The van der Waals surface area contributed by atoms with Gasteiger partial charge in [0.25, 0.3) is 0 Å². The maximum Gasteiger partial charge on any atom is 0.234 e. The van der Waals surface area contributed by atoms with Crippen LogP contribution in [0.25, 0.3) is 4.96 Å². The summed E-state index contributed by atoms with van der Waals surface area (Å²) in [4.78, 5) is 0.837. The summed E-state index contributed by atoms with van der Waals surface area (Å²) in [5.41, 5.74) is 2.40. The molecule has 0 bridgehead atoms. The lowest BCUT2D eigenvalue weighted by atomic mass is 10.1. The van der Waals surface area contributed by atoms with Crippen molar-refractivity contribution in [3.05, 3.63) is 76.6 Å². The lowest BCUT2D eigenvalue weighted by molar-refractivity contribution is 0.414. The van der Waals surface area contributed by atoms with Crippen molar-refractivity contribution in [3.8, 4) is 5.75 Å². The fraction of sp³-hybridized carbons (Fsp3) is 0.167. The minimum absolute atomic E-state index is 0.694. The van der Waals surface area contributed by atoms with Gasteiger partial charge in [0.15, 0.2) is 5.82 Å². The largest absolute Gasteiger partial charge is 0.497 e. The van der Waals surface area contributed by atoms with Crippen LogP contribution in [0.5, 0.6) is 5.75 Å². The summed E-state index contributed by atoms with van der Waals surface area (Å²) in [6, 6.07) is 18.3. The smallest absolute Gasteiger partial charge is 0.234 e. The maximum absolute atomic E-state index is 5.19. The molecule has 4 rings (SSSR count). The Labute approximate surface area is 143 Å². The molecule has 0 aliphatic carbocycles. The Bertz CT molecular complexity index is 944. The van der Waals surface area contributed by atoms with Crippen LogP contribution in [-0.2, 0) is 12.8 Å². The first-order valence-corrected chi connectivity index (χ1v) is 8.50. The van der Waals surface area contributed by atoms with Crippen molar-refractivity contribution in [2.45, 2.75) is 12.8 Å². The topological polar surface area (TPSA) is 52.3 Å². The Kier molecular flexibility index (Phi) is 3.96. The van der Waals surface area contributed by atoms with Gasteiger partial charge in [-0.1, -0.05) is 53.8 Å². The molecule has 2 aromatic carbocycles. The molecule has 4 aromatic rings. The van der Waals surface area contributed by atoms with Gasteiger partial charge < -0.3 is 4.74 Å². The zero-order valence-corrected chi connectivity index (χ0v) is 14.0. The Hall–Kier alpha value is -2.73. The van der Waals surface area contributed by atoms with E-state index < -0.39 is 0 Å². The second-order valence-electron chi connectivity index (χ2n) is 5.49. The molecule has 6 heteroatoms. The van der Waals surface area contributed by atoms with Gasteiger partial charge in [0.1, 0.15) is 10.8 Å². The number of benzene rings is 2. The third-order valence-corrected chi connectivity index (χ3v) is 4.72. The average Bonchev–Trinajstić information content (AvgIpc) is 3.18. The first-order valence-electron chi connectivity index (χ1n) is 7.68. The van der Waals surface area contributed by atoms with Crippen LogP contribution in [-0.4, -0.2) is 26.9 Å². The number of fused-ring (bicyclic) bond motifs is 1. The second-order valence-corrected chi connectivity index (χ2v) is 6.53. The van der Waals surface area contributed by atoms with Crippen molar-refractivity contribution in [1.29, 1.82) is 0 Å². The molecule has 0 unspecified atom stereocenters. The molecule has 0 N–H and O–H groups in total. The zero-order chi connectivity index (χ0) is 16.4. The molecule has 0 radical (unpaired) electrons. The summed E-state index contributed by atoms with van der Waals surface area (Å²) in [5, 5.41) is 14.3. The number of methoxy groups -OCH3 is 1. The van der Waals surface area contributed by atoms with E-state index in [1.54, 1.807) is 18.4 Å². The molecule has 0 fully saturated rings. The molecule has 5 nitrogen and oxygen atoms in total. The quantitative estimate of drug-likeness (QED) is 0.561. The predicted molar refractivity (Wildman–Crippen MR) is 93.7 cm³/mol. The van der Waals surface area contributed by atoms with E-state index in [2.05, 4.69) is 27.4 Å². The first-order chi connectivity index (χ1) is 11.8. The number of ether oxygens (including phenoxy) is 1. The van der Waals surface area contributed by atoms with Crippen LogP contribution in [0.4, 0.5) is 0 Å². The summed E-state index contributed by atoms with van der Waals surface area (Å²) in [7, 11) is 1.67. The molecule has 0 saturated heterocycles. The minimum atomic E-state index is 0.694. The molecule has 0 amide bonds. The van der Waals surface area contributed by atoms with Crippen molar-refractivity contribution < 1.29 is 4.74 Å². The number of hydrogen-bond acceptors (Lipinski definition) is 5. The number of hydrogen-bond donors (Lipinski definition) is 0. The van der Waals surface area contributed by atoms with Crippen molar-refractivity contribution in [1.82, 2.24) is 19.8 Å². The normalized spacial score (nSPS) is 11.0. The Morgan fingerprint density at radius 1 is 0.917 bits per heavy atom. The summed E-state index contributed by atoms with van der Waals surface area (Å²) >= 11 is 1.59. The molecule has 0 aliphatic heterocycles. The van der Waals surface area contributed by atoms with Gasteiger partial charge in [-0.3, -0.25) is 0 Å². The lowest BCUT2D eigenvalue weighted by Gasteiger charge is -2.01. The standard InChI is InChI=1S/C18H16N4OS/c1-23-15-9-7-14(8-10-15)11-16-19-20-18-22(16)21-17(24-18)12-13-5-3-2-4-6-13/h2-10H,11-12H2,1H3. The highest BCUT2D eigenvalue weighted by Gasteiger charge is 2.12. The fourth-order valence-corrected chi connectivity index (χ4v) is 3.46. The van der Waals surface area contributed by atoms with Crippen LogP contribution in [0.2, 0.25) is 0 Å². The van der Waals surface area contributed by atoms with Crippen LogP contribution in [0, 0.1) is 0 Å². The van der Waals surface area contributed by atoms with Gasteiger partial charge in [-0.05, 0) is 23.3 Å². The zero-order valence-electron chi connectivity index (χ0n) is 13.2. The predicted octanol–water partition coefficient (Wildman–Crippen LogP) is 3.38. The molecule has 120 valence electrons. The first kappa shape index (κ1) is 14.8. The van der Waals surface area contributed by atoms with E-state index in [1.165, 1.54) is 5.56 Å². The van der Waals surface area contributed by atoms with Gasteiger partial charge in [-0.2, -0.15) is 9.61 Å². The Morgan fingerprint density at radius 2 is 1.67 bits per heavy atom. The maximum atomic E-state index is 5.19. The minimum Gasteiger partial charge on any atom is -0.497 e. The van der Waals surface area contributed by atoms with E-state index >= 15 is 0 Å². The van der Waals surface area contributed by atoms with E-state index in [0.29, 0.717) is 6.42 Å². The molecule has 0 atom stereocenters. The van der Waals surface area contributed by atoms with Crippen LogP contribution >= 0.6 is 11.3 Å². The van der Waals surface area contributed by atoms with E-state index in [4.69, 9.17) is 4.74 Å². The Balaban J connectivity index is 1.57. The molecular formula is C18H16N4OS. The van der Waals surface area contributed by atoms with Gasteiger partial charge in [0.2, 0.25) is 4.96 Å². The summed E-state index contributed by atoms with van der Waals surface area (Å²) in [5.74, 6) is 1.70. The molecule has 2 aromatic heterocycles. The van der Waals surface area contributed by atoms with Gasteiger partial charge >= 0.3 is 0 Å². The van der Waals surface area contributed by atoms with Crippen LogP contribution < -0.4 is 4.74 Å². The fourth-order valence-electron chi connectivity index (χ4n) is 2.58. The molecule has 2 heterocycles. The molecule has 0 spiro atoms. The van der Waals surface area contributed by atoms with Crippen LogP contribution in [0.1, 0.15) is 22.0 Å². The van der Waals surface area contributed by atoms with Crippen LogP contribution in [0.15, 0.2) is 54.6 Å². The summed E-state index contributed by atoms with van der Waals surface area (Å²) < 4.78 is 7.05. The SMILES string of the molecule is COc1ccc(Cc2nnc3sc(Cc4ccccc4)nn23)cc1. The third kappa shape index (κ3) is 3.00. The molecule has 0 aliphatic rings. The highest BCUT2D eigenvalue weighted by molar-refractivity contribution is 7.16. The molecular weight excluding hydrogens is 320 g/mol. The summed E-state index contributed by atoms with van der Waals surface area (Å²) in [6.07, 6.45) is 1.51. The van der Waals surface area contributed by atoms with Gasteiger partial charge in [0, 0.05) is 12.8 Å². The highest BCUT2D eigenvalue weighted by atomic mass is 32.1. The van der Waals surface area contributed by atoms with Crippen molar-refractivity contribution in [3.63, 3.8) is 0 Å². The van der Waals surface area contributed by atoms with E-state index in [-0.39, 0.29) is 0 Å². The molecule has 0 saturated carbocycles. The van der Waals surface area contributed by atoms with Gasteiger partial charge in [-0.25, -0.2) is 0 Å². The number of rotatable bonds is 5. The average molecular weight is 336 g/mol. The second kappa shape index (κ2) is 6.41. The number of aromatic nitrogens is 4. The monoisotopic (exact) mass is 336 g/mol.